The zero-order valence-electron chi connectivity index (χ0n) is 14.2. The molecule has 0 saturated heterocycles. The maximum Gasteiger partial charge on any atom is 0.312 e. The first-order valence-corrected chi connectivity index (χ1v) is 7.75. The number of Topliss-reactive ketones (excluding diaryl/α,β-unsaturated/α-hetero) is 1. The molecule has 0 aliphatic rings. The normalized spacial score (nSPS) is 13.8. The quantitative estimate of drug-likeness (QED) is 0.440. The van der Waals surface area contributed by atoms with Gasteiger partial charge >= 0.3 is 6.03 Å². The van der Waals surface area contributed by atoms with Gasteiger partial charge in [-0.05, 0) is 25.7 Å². The first-order valence-electron chi connectivity index (χ1n) is 7.75. The van der Waals surface area contributed by atoms with Crippen LogP contribution in [0.15, 0.2) is 0 Å². The molecule has 0 heterocycles. The van der Waals surface area contributed by atoms with E-state index in [4.69, 9.17) is 5.73 Å². The molecular weight excluding hydrogens is 284 g/mol. The largest absolute Gasteiger partial charge is 0.352 e. The van der Waals surface area contributed by atoms with Crippen LogP contribution >= 0.6 is 0 Å². The predicted octanol–water partition coefficient (Wildman–Crippen LogP) is 0.531. The second-order valence-corrected chi connectivity index (χ2v) is 6.15. The Morgan fingerprint density at radius 2 is 1.68 bits per heavy atom. The lowest BCUT2D eigenvalue weighted by atomic mass is 10.0. The van der Waals surface area contributed by atoms with Crippen molar-refractivity contribution in [1.29, 1.82) is 0 Å². The summed E-state index contributed by atoms with van der Waals surface area (Å²) < 4.78 is 0. The summed E-state index contributed by atoms with van der Waals surface area (Å²) in [4.78, 5) is 34.6. The Morgan fingerprint density at radius 3 is 2.09 bits per heavy atom. The fourth-order valence-electron chi connectivity index (χ4n) is 2.09. The maximum absolute atomic E-state index is 12.4. The molecule has 0 saturated carbocycles. The van der Waals surface area contributed by atoms with Crippen molar-refractivity contribution in [1.82, 2.24) is 16.0 Å². The van der Waals surface area contributed by atoms with Crippen molar-refractivity contribution in [2.45, 2.75) is 65.6 Å². The first-order chi connectivity index (χ1) is 10.1. The molecule has 0 aromatic rings. The Bertz CT molecular complexity index is 383. The molecule has 3 amide bonds. The van der Waals surface area contributed by atoms with E-state index < -0.39 is 12.1 Å². The standard InChI is InChI=1S/C15H30N4O3/c1-9(2)13(18-10(3)4)14(21)19-12(11(5)20)7-6-8-17-15(16)22/h9-10,12-13,18H,6-8H2,1-5H3,(H,19,21)(H3,16,17,22). The van der Waals surface area contributed by atoms with Crippen molar-refractivity contribution in [3.63, 3.8) is 0 Å². The lowest BCUT2D eigenvalue weighted by Gasteiger charge is -2.26. The van der Waals surface area contributed by atoms with Gasteiger partial charge in [-0.25, -0.2) is 4.79 Å². The molecular formula is C15H30N4O3. The maximum atomic E-state index is 12.4. The van der Waals surface area contributed by atoms with Crippen LogP contribution in [0.2, 0.25) is 0 Å². The number of rotatable bonds is 10. The van der Waals surface area contributed by atoms with Gasteiger partial charge < -0.3 is 21.7 Å². The summed E-state index contributed by atoms with van der Waals surface area (Å²) in [5.74, 6) is -0.155. The van der Waals surface area contributed by atoms with Crippen LogP contribution in [0.3, 0.4) is 0 Å². The third-order valence-corrected chi connectivity index (χ3v) is 3.24. The van der Waals surface area contributed by atoms with Crippen LogP contribution < -0.4 is 21.7 Å². The molecule has 0 fully saturated rings. The number of primary amides is 1. The number of urea groups is 1. The molecule has 2 unspecified atom stereocenters. The molecule has 0 radical (unpaired) electrons. The van der Waals surface area contributed by atoms with Gasteiger partial charge in [0.15, 0.2) is 5.78 Å². The smallest absolute Gasteiger partial charge is 0.312 e. The number of carbonyl (C=O) groups excluding carboxylic acids is 3. The summed E-state index contributed by atoms with van der Waals surface area (Å²) in [6.07, 6.45) is 1.03. The summed E-state index contributed by atoms with van der Waals surface area (Å²) >= 11 is 0. The number of nitrogens with two attached hydrogens (primary N) is 1. The first kappa shape index (κ1) is 20.4. The van der Waals surface area contributed by atoms with Crippen molar-refractivity contribution >= 4 is 17.7 Å². The van der Waals surface area contributed by atoms with Crippen molar-refractivity contribution < 1.29 is 14.4 Å². The molecule has 0 rings (SSSR count). The van der Waals surface area contributed by atoms with E-state index in [1.54, 1.807) is 0 Å². The zero-order valence-corrected chi connectivity index (χ0v) is 14.2. The van der Waals surface area contributed by atoms with E-state index in [1.807, 2.05) is 27.7 Å². The molecule has 0 aromatic carbocycles. The summed E-state index contributed by atoms with van der Waals surface area (Å²) in [6, 6.07) is -1.30. The van der Waals surface area contributed by atoms with Gasteiger partial charge in [0.1, 0.15) is 0 Å². The molecule has 7 heteroatoms. The number of hydrogen-bond donors (Lipinski definition) is 4. The Labute approximate surface area is 132 Å². The van der Waals surface area contributed by atoms with Gasteiger partial charge in [-0.15, -0.1) is 0 Å². The van der Waals surface area contributed by atoms with E-state index >= 15 is 0 Å². The summed E-state index contributed by atoms with van der Waals surface area (Å²) in [7, 11) is 0. The van der Waals surface area contributed by atoms with Crippen LogP contribution in [0.25, 0.3) is 0 Å². The predicted molar refractivity (Wildman–Crippen MR) is 86.3 cm³/mol. The fraction of sp³-hybridized carbons (Fsp3) is 0.800. The molecule has 22 heavy (non-hydrogen) atoms. The molecule has 7 nitrogen and oxygen atoms in total. The molecule has 128 valence electrons. The molecule has 0 aliphatic heterocycles. The van der Waals surface area contributed by atoms with E-state index in [-0.39, 0.29) is 29.7 Å². The summed E-state index contributed by atoms with van der Waals surface area (Å²) in [5, 5.41) is 8.47. The topological polar surface area (TPSA) is 113 Å². The van der Waals surface area contributed by atoms with E-state index in [0.717, 1.165) is 0 Å². The van der Waals surface area contributed by atoms with Crippen LogP contribution in [0.1, 0.15) is 47.5 Å². The lowest BCUT2D eigenvalue weighted by molar-refractivity contribution is -0.129. The van der Waals surface area contributed by atoms with Gasteiger partial charge in [0.25, 0.3) is 0 Å². The second kappa shape index (κ2) is 10.2. The highest BCUT2D eigenvalue weighted by molar-refractivity contribution is 5.89. The summed E-state index contributed by atoms with van der Waals surface area (Å²) in [5.41, 5.74) is 4.97. The molecule has 0 aliphatic carbocycles. The highest BCUT2D eigenvalue weighted by atomic mass is 16.2. The van der Waals surface area contributed by atoms with Gasteiger partial charge in [-0.1, -0.05) is 27.7 Å². The average molecular weight is 314 g/mol. The number of hydrogen-bond acceptors (Lipinski definition) is 4. The monoisotopic (exact) mass is 314 g/mol. The third kappa shape index (κ3) is 8.61. The van der Waals surface area contributed by atoms with Crippen molar-refractivity contribution in [2.75, 3.05) is 6.54 Å². The van der Waals surface area contributed by atoms with E-state index in [1.165, 1.54) is 6.92 Å². The van der Waals surface area contributed by atoms with Gasteiger partial charge in [-0.2, -0.15) is 0 Å². The minimum Gasteiger partial charge on any atom is -0.352 e. The molecule has 0 bridgehead atoms. The van der Waals surface area contributed by atoms with Crippen LogP contribution in [0.4, 0.5) is 4.79 Å². The number of amides is 3. The molecule has 0 aromatic heterocycles. The van der Waals surface area contributed by atoms with Crippen molar-refractivity contribution in [3.8, 4) is 0 Å². The summed E-state index contributed by atoms with van der Waals surface area (Å²) in [6.45, 7) is 9.69. The Hall–Kier alpha value is -1.63. The Kier molecular flexibility index (Phi) is 9.40. The van der Waals surface area contributed by atoms with Crippen LogP contribution in [0.5, 0.6) is 0 Å². The van der Waals surface area contributed by atoms with Crippen LogP contribution in [0, 0.1) is 5.92 Å². The van der Waals surface area contributed by atoms with Crippen LogP contribution in [-0.2, 0) is 9.59 Å². The third-order valence-electron chi connectivity index (χ3n) is 3.24. The van der Waals surface area contributed by atoms with Gasteiger partial charge in [0.05, 0.1) is 12.1 Å². The van der Waals surface area contributed by atoms with E-state index in [2.05, 4.69) is 16.0 Å². The number of carbonyl (C=O) groups is 3. The number of ketones is 1. The minimum atomic E-state index is -0.593. The molecule has 5 N–H and O–H groups in total. The van der Waals surface area contributed by atoms with Gasteiger partial charge in [-0.3, -0.25) is 9.59 Å². The SMILES string of the molecule is CC(=O)C(CCCNC(N)=O)NC(=O)C(NC(C)C)C(C)C. The van der Waals surface area contributed by atoms with Gasteiger partial charge in [0, 0.05) is 12.6 Å². The highest BCUT2D eigenvalue weighted by Crippen LogP contribution is 2.06. The van der Waals surface area contributed by atoms with Crippen molar-refractivity contribution in [3.05, 3.63) is 0 Å². The highest BCUT2D eigenvalue weighted by Gasteiger charge is 2.26. The number of nitrogens with one attached hydrogen (secondary N) is 3. The second-order valence-electron chi connectivity index (χ2n) is 6.15. The van der Waals surface area contributed by atoms with Crippen LogP contribution in [-0.4, -0.2) is 42.4 Å². The van der Waals surface area contributed by atoms with Crippen molar-refractivity contribution in [2.24, 2.45) is 11.7 Å². The van der Waals surface area contributed by atoms with E-state index in [9.17, 15) is 14.4 Å². The minimum absolute atomic E-state index is 0.0977. The fourth-order valence-corrected chi connectivity index (χ4v) is 2.09. The zero-order chi connectivity index (χ0) is 17.3. The van der Waals surface area contributed by atoms with E-state index in [0.29, 0.717) is 19.4 Å². The van der Waals surface area contributed by atoms with Gasteiger partial charge in [0.2, 0.25) is 5.91 Å². The Balaban J connectivity index is 4.54. The molecule has 0 spiro atoms. The lowest BCUT2D eigenvalue weighted by Crippen LogP contribution is -2.53. The molecule has 2 atom stereocenters. The average Bonchev–Trinajstić information content (AvgIpc) is 2.38. The Morgan fingerprint density at radius 1 is 1.09 bits per heavy atom.